The molecular weight excluding hydrogens is 228 g/mol. The van der Waals surface area contributed by atoms with Gasteiger partial charge in [0.2, 0.25) is 0 Å². The number of para-hydroxylation sites is 3. The first kappa shape index (κ1) is 11.1. The van der Waals surface area contributed by atoms with E-state index in [-0.39, 0.29) is 12.7 Å². The lowest BCUT2D eigenvalue weighted by Gasteiger charge is -2.16. The first-order chi connectivity index (χ1) is 8.88. The second kappa shape index (κ2) is 4.70. The lowest BCUT2D eigenvalue weighted by Crippen LogP contribution is -2.08. The van der Waals surface area contributed by atoms with Crippen molar-refractivity contribution in [3.8, 4) is 17.2 Å². The molecule has 0 amide bonds. The van der Waals surface area contributed by atoms with Gasteiger partial charge in [0.05, 0.1) is 0 Å². The van der Waals surface area contributed by atoms with Crippen LogP contribution in [0.1, 0.15) is 18.1 Å². The highest BCUT2D eigenvalue weighted by Gasteiger charge is 2.23. The van der Waals surface area contributed by atoms with Gasteiger partial charge in [-0.2, -0.15) is 0 Å². The van der Waals surface area contributed by atoms with E-state index in [1.54, 1.807) is 0 Å². The summed E-state index contributed by atoms with van der Waals surface area (Å²) in [7, 11) is 0. The zero-order chi connectivity index (χ0) is 12.4. The number of hydrogen-bond donors (Lipinski definition) is 1. The molecule has 1 heterocycles. The molecule has 0 bridgehead atoms. The Morgan fingerprint density at radius 2 is 1.56 bits per heavy atom. The van der Waals surface area contributed by atoms with Crippen molar-refractivity contribution in [1.29, 1.82) is 0 Å². The minimum absolute atomic E-state index is 0.0845. The zero-order valence-electron chi connectivity index (χ0n) is 9.87. The summed E-state index contributed by atoms with van der Waals surface area (Å²) >= 11 is 0. The Hall–Kier alpha value is -2.00. The van der Waals surface area contributed by atoms with Gasteiger partial charge in [-0.3, -0.25) is 0 Å². The maximum absolute atomic E-state index is 9.16. The molecule has 0 saturated carbocycles. The number of aliphatic hydroxyl groups excluding tert-OH is 1. The summed E-state index contributed by atoms with van der Waals surface area (Å²) in [4.78, 5) is 0. The van der Waals surface area contributed by atoms with Crippen LogP contribution in [0, 0.1) is 0 Å². The molecule has 3 heteroatoms. The standard InChI is InChI=1S/C15H14O3/c16-10-9-13-11-5-1-2-6-12(11)17-14-7-3-4-8-15(14)18-13/h1-8,13,16H,9-10H2. The van der Waals surface area contributed by atoms with Crippen molar-refractivity contribution < 1.29 is 14.6 Å². The molecule has 1 unspecified atom stereocenters. The summed E-state index contributed by atoms with van der Waals surface area (Å²) in [5, 5.41) is 9.16. The molecule has 0 radical (unpaired) electrons. The van der Waals surface area contributed by atoms with E-state index in [4.69, 9.17) is 14.6 Å². The van der Waals surface area contributed by atoms with Gasteiger partial charge in [-0.15, -0.1) is 0 Å². The molecule has 2 aromatic rings. The molecule has 0 saturated heterocycles. The third-order valence-electron chi connectivity index (χ3n) is 3.00. The fourth-order valence-corrected chi connectivity index (χ4v) is 2.14. The second-order valence-corrected chi connectivity index (χ2v) is 4.21. The molecular formula is C15H14O3. The first-order valence-electron chi connectivity index (χ1n) is 6.02. The topological polar surface area (TPSA) is 38.7 Å². The van der Waals surface area contributed by atoms with Gasteiger partial charge in [-0.1, -0.05) is 30.3 Å². The van der Waals surface area contributed by atoms with Crippen molar-refractivity contribution in [2.75, 3.05) is 6.61 Å². The predicted molar refractivity (Wildman–Crippen MR) is 68.0 cm³/mol. The predicted octanol–water partition coefficient (Wildman–Crippen LogP) is 3.29. The number of benzene rings is 2. The largest absolute Gasteiger partial charge is 0.482 e. The number of hydrogen-bond acceptors (Lipinski definition) is 3. The number of fused-ring (bicyclic) bond motifs is 2. The van der Waals surface area contributed by atoms with Crippen LogP contribution in [0.15, 0.2) is 48.5 Å². The molecule has 3 rings (SSSR count). The van der Waals surface area contributed by atoms with Crippen LogP contribution in [0.25, 0.3) is 0 Å². The minimum atomic E-state index is -0.171. The zero-order valence-corrected chi connectivity index (χ0v) is 9.87. The van der Waals surface area contributed by atoms with Crippen LogP contribution >= 0.6 is 0 Å². The molecule has 2 aromatic carbocycles. The highest BCUT2D eigenvalue weighted by atomic mass is 16.5. The van der Waals surface area contributed by atoms with Gasteiger partial charge < -0.3 is 14.6 Å². The lowest BCUT2D eigenvalue weighted by molar-refractivity contribution is 0.157. The van der Waals surface area contributed by atoms with Crippen molar-refractivity contribution in [3.05, 3.63) is 54.1 Å². The van der Waals surface area contributed by atoms with Crippen molar-refractivity contribution in [3.63, 3.8) is 0 Å². The molecule has 1 atom stereocenters. The van der Waals surface area contributed by atoms with E-state index in [1.165, 1.54) is 0 Å². The fourth-order valence-electron chi connectivity index (χ4n) is 2.14. The van der Waals surface area contributed by atoms with E-state index in [2.05, 4.69) is 0 Å². The summed E-state index contributed by atoms with van der Waals surface area (Å²) in [5.74, 6) is 2.22. The normalized spacial score (nSPS) is 16.8. The Morgan fingerprint density at radius 1 is 0.889 bits per heavy atom. The van der Waals surface area contributed by atoms with Crippen LogP contribution in [0.2, 0.25) is 0 Å². The van der Waals surface area contributed by atoms with Crippen LogP contribution in [-0.2, 0) is 0 Å². The van der Waals surface area contributed by atoms with E-state index in [0.717, 1.165) is 11.3 Å². The third-order valence-corrected chi connectivity index (χ3v) is 3.00. The first-order valence-corrected chi connectivity index (χ1v) is 6.02. The van der Waals surface area contributed by atoms with Gasteiger partial charge in [0.1, 0.15) is 11.9 Å². The summed E-state index contributed by atoms with van der Waals surface area (Å²) < 4.78 is 11.8. The van der Waals surface area contributed by atoms with Gasteiger partial charge in [-0.05, 0) is 18.2 Å². The van der Waals surface area contributed by atoms with Crippen molar-refractivity contribution >= 4 is 0 Å². The molecule has 0 spiro atoms. The third kappa shape index (κ3) is 1.93. The SMILES string of the molecule is OCCC1Oc2ccccc2Oc2ccccc21. The Balaban J connectivity index is 2.08. The molecule has 18 heavy (non-hydrogen) atoms. The van der Waals surface area contributed by atoms with Gasteiger partial charge >= 0.3 is 0 Å². The van der Waals surface area contributed by atoms with E-state index < -0.39 is 0 Å². The fraction of sp³-hybridized carbons (Fsp3) is 0.200. The lowest BCUT2D eigenvalue weighted by atomic mass is 10.1. The Morgan fingerprint density at radius 3 is 2.33 bits per heavy atom. The molecule has 1 aliphatic heterocycles. The average Bonchev–Trinajstić information content (AvgIpc) is 2.56. The molecule has 1 aliphatic rings. The van der Waals surface area contributed by atoms with E-state index >= 15 is 0 Å². The van der Waals surface area contributed by atoms with E-state index in [1.807, 2.05) is 48.5 Å². The van der Waals surface area contributed by atoms with Crippen LogP contribution in [0.5, 0.6) is 17.2 Å². The molecule has 0 aromatic heterocycles. The second-order valence-electron chi connectivity index (χ2n) is 4.21. The molecule has 3 nitrogen and oxygen atoms in total. The van der Waals surface area contributed by atoms with Crippen molar-refractivity contribution in [1.82, 2.24) is 0 Å². The van der Waals surface area contributed by atoms with E-state index in [0.29, 0.717) is 17.9 Å². The van der Waals surface area contributed by atoms with Crippen LogP contribution in [0.3, 0.4) is 0 Å². The number of aliphatic hydroxyl groups is 1. The Labute approximate surface area is 106 Å². The number of ether oxygens (including phenoxy) is 2. The summed E-state index contributed by atoms with van der Waals surface area (Å²) in [6.45, 7) is 0.0845. The Kier molecular flexibility index (Phi) is 2.90. The number of rotatable bonds is 2. The van der Waals surface area contributed by atoms with Crippen molar-refractivity contribution in [2.24, 2.45) is 0 Å². The molecule has 0 fully saturated rings. The molecule has 92 valence electrons. The van der Waals surface area contributed by atoms with Crippen LogP contribution in [-0.4, -0.2) is 11.7 Å². The van der Waals surface area contributed by atoms with Gasteiger partial charge in [0.25, 0.3) is 0 Å². The van der Waals surface area contributed by atoms with E-state index in [9.17, 15) is 0 Å². The monoisotopic (exact) mass is 242 g/mol. The minimum Gasteiger partial charge on any atom is -0.482 e. The van der Waals surface area contributed by atoms with Gasteiger partial charge in [-0.25, -0.2) is 0 Å². The van der Waals surface area contributed by atoms with Crippen LogP contribution in [0.4, 0.5) is 0 Å². The Bertz CT molecular complexity index is 551. The highest BCUT2D eigenvalue weighted by Crippen LogP contribution is 2.42. The smallest absolute Gasteiger partial charge is 0.169 e. The van der Waals surface area contributed by atoms with Gasteiger partial charge in [0.15, 0.2) is 11.5 Å². The molecule has 0 aliphatic carbocycles. The summed E-state index contributed by atoms with van der Waals surface area (Å²) in [5.41, 5.74) is 0.975. The highest BCUT2D eigenvalue weighted by molar-refractivity contribution is 5.48. The van der Waals surface area contributed by atoms with Crippen LogP contribution < -0.4 is 9.47 Å². The molecule has 1 N–H and O–H groups in total. The summed E-state index contributed by atoms with van der Waals surface area (Å²) in [6.07, 6.45) is 0.379. The maximum atomic E-state index is 9.16. The van der Waals surface area contributed by atoms with Gasteiger partial charge in [0, 0.05) is 18.6 Å². The summed E-state index contributed by atoms with van der Waals surface area (Å²) in [6, 6.07) is 15.4. The quantitative estimate of drug-likeness (QED) is 0.878. The average molecular weight is 242 g/mol. The maximum Gasteiger partial charge on any atom is 0.169 e. The van der Waals surface area contributed by atoms with Crippen molar-refractivity contribution in [2.45, 2.75) is 12.5 Å².